The van der Waals surface area contributed by atoms with Gasteiger partial charge in [-0.2, -0.15) is 4.37 Å². The van der Waals surface area contributed by atoms with Gasteiger partial charge in [0.25, 0.3) is 5.91 Å². The predicted octanol–water partition coefficient (Wildman–Crippen LogP) is 4.55. The van der Waals surface area contributed by atoms with E-state index >= 15 is 0 Å². The van der Waals surface area contributed by atoms with Crippen LogP contribution in [0.3, 0.4) is 0 Å². The van der Waals surface area contributed by atoms with Crippen molar-refractivity contribution < 1.29 is 9.59 Å². The quantitative estimate of drug-likeness (QED) is 0.483. The average Bonchev–Trinajstić information content (AvgIpc) is 3.60. The number of hydrogen-bond donors (Lipinski definition) is 0. The number of hydrogen-bond acceptors (Lipinski definition) is 7. The number of piperazine rings is 1. The van der Waals surface area contributed by atoms with Crippen LogP contribution in [0.25, 0.3) is 10.2 Å². The third-order valence-corrected chi connectivity index (χ3v) is 10.3. The number of aromatic nitrogens is 2. The van der Waals surface area contributed by atoms with E-state index in [1.165, 1.54) is 22.9 Å². The molecule has 0 spiro atoms. The van der Waals surface area contributed by atoms with E-state index in [0.29, 0.717) is 23.4 Å². The van der Waals surface area contributed by atoms with Crippen LogP contribution in [0.5, 0.6) is 0 Å². The number of carbonyl (C=O) groups is 2. The molecule has 1 saturated carbocycles. The zero-order valence-electron chi connectivity index (χ0n) is 20.4. The van der Waals surface area contributed by atoms with Crippen molar-refractivity contribution in [3.8, 4) is 0 Å². The number of nitrogens with zero attached hydrogens (tertiary/aromatic N) is 5. The van der Waals surface area contributed by atoms with E-state index in [2.05, 4.69) is 26.1 Å². The maximum Gasteiger partial charge on any atom is 0.264 e. The normalized spacial score (nSPS) is 24.9. The first kappa shape index (κ1) is 24.3. The molecule has 0 radical (unpaired) electrons. The lowest BCUT2D eigenvalue weighted by atomic mass is 9.73. The molecule has 2 aliphatic heterocycles. The molecule has 3 aromatic heterocycles. The lowest BCUT2D eigenvalue weighted by molar-refractivity contribution is -0.140. The van der Waals surface area contributed by atoms with E-state index in [4.69, 9.17) is 11.6 Å². The van der Waals surface area contributed by atoms with Crippen molar-refractivity contribution in [3.63, 3.8) is 0 Å². The van der Waals surface area contributed by atoms with Gasteiger partial charge in [-0.25, -0.2) is 0 Å². The highest BCUT2D eigenvalue weighted by Gasteiger charge is 2.46. The van der Waals surface area contributed by atoms with Crippen molar-refractivity contribution in [2.45, 2.75) is 32.7 Å². The predicted molar refractivity (Wildman–Crippen MR) is 144 cm³/mol. The lowest BCUT2D eigenvalue weighted by Gasteiger charge is -2.39. The molecule has 3 atom stereocenters. The molecule has 6 rings (SSSR count). The molecule has 5 heterocycles. The monoisotopic (exact) mass is 543 g/mol. The summed E-state index contributed by atoms with van der Waals surface area (Å²) >= 11 is 8.94. The Morgan fingerprint density at radius 3 is 2.69 bits per heavy atom. The van der Waals surface area contributed by atoms with Crippen LogP contribution in [-0.4, -0.2) is 75.1 Å². The number of likely N-dealkylation sites (tertiary alicyclic amines) is 1. The van der Waals surface area contributed by atoms with Gasteiger partial charge in [-0.3, -0.25) is 19.5 Å². The number of thiophene rings is 1. The van der Waals surface area contributed by atoms with Gasteiger partial charge in [-0.1, -0.05) is 18.0 Å². The second-order valence-electron chi connectivity index (χ2n) is 10.3. The SMILES string of the molecule is Cc1snc2sc(C(=O)N3C[C@H]4CCC[C@@H](C(=O)N5CCN(Cc6ccc(Cl)cn6)CC5)[C@H]4C3)cc12. The largest absolute Gasteiger partial charge is 0.340 e. The number of aryl methyl sites for hydroxylation is 1. The van der Waals surface area contributed by atoms with Crippen molar-refractivity contribution >= 4 is 56.5 Å². The average molecular weight is 544 g/mol. The molecular formula is C26H30ClN5O2S2. The minimum atomic E-state index is 0.0290. The molecule has 7 nitrogen and oxygen atoms in total. The summed E-state index contributed by atoms with van der Waals surface area (Å²) in [6.07, 6.45) is 4.80. The summed E-state index contributed by atoms with van der Waals surface area (Å²) in [6, 6.07) is 5.84. The first-order valence-electron chi connectivity index (χ1n) is 12.7. The van der Waals surface area contributed by atoms with Crippen LogP contribution in [0.4, 0.5) is 0 Å². The summed E-state index contributed by atoms with van der Waals surface area (Å²) in [7, 11) is 0. The van der Waals surface area contributed by atoms with Crippen LogP contribution in [0, 0.1) is 24.7 Å². The van der Waals surface area contributed by atoms with E-state index in [-0.39, 0.29) is 17.7 Å². The topological polar surface area (TPSA) is 69.6 Å². The minimum Gasteiger partial charge on any atom is -0.340 e. The maximum atomic E-state index is 13.6. The molecule has 3 fully saturated rings. The van der Waals surface area contributed by atoms with Crippen LogP contribution >= 0.6 is 34.5 Å². The standard InChI is InChI=1S/C26H30ClN5O2S2/c1-16-21-11-23(35-24(21)29-36-16)26(34)32-13-17-3-2-4-20(22(17)15-32)25(33)31-9-7-30(8-10-31)14-19-6-5-18(27)12-28-19/h5-6,11-12,17,20,22H,2-4,7-10,13-15H2,1H3/t17-,20-,22+/m1/s1. The maximum absolute atomic E-state index is 13.6. The van der Waals surface area contributed by atoms with Gasteiger partial charge in [-0.15, -0.1) is 11.3 Å². The molecule has 0 aromatic carbocycles. The van der Waals surface area contributed by atoms with Crippen molar-refractivity contribution in [1.29, 1.82) is 0 Å². The molecule has 2 saturated heterocycles. The number of amides is 2. The Morgan fingerprint density at radius 1 is 1.11 bits per heavy atom. The number of fused-ring (bicyclic) bond motifs is 2. The van der Waals surface area contributed by atoms with Crippen LogP contribution in [0.15, 0.2) is 24.4 Å². The van der Waals surface area contributed by atoms with Crippen molar-refractivity contribution in [3.05, 3.63) is 44.9 Å². The van der Waals surface area contributed by atoms with Gasteiger partial charge >= 0.3 is 0 Å². The smallest absolute Gasteiger partial charge is 0.264 e. The molecular weight excluding hydrogens is 514 g/mol. The van der Waals surface area contributed by atoms with Gasteiger partial charge in [0, 0.05) is 68.2 Å². The number of carbonyl (C=O) groups excluding carboxylic acids is 2. The molecule has 0 bridgehead atoms. The molecule has 1 aliphatic carbocycles. The van der Waals surface area contributed by atoms with Gasteiger partial charge in [0.05, 0.1) is 15.6 Å². The molecule has 0 unspecified atom stereocenters. The first-order chi connectivity index (χ1) is 17.5. The highest BCUT2D eigenvalue weighted by molar-refractivity contribution is 7.22. The van der Waals surface area contributed by atoms with Gasteiger partial charge in [-0.05, 0) is 61.3 Å². The fourth-order valence-corrected chi connectivity index (χ4v) is 8.09. The minimum absolute atomic E-state index is 0.0290. The molecule has 190 valence electrons. The van der Waals surface area contributed by atoms with Crippen molar-refractivity contribution in [1.82, 2.24) is 24.1 Å². The molecule has 0 N–H and O–H groups in total. The lowest BCUT2D eigenvalue weighted by Crippen LogP contribution is -2.51. The Hall–Kier alpha value is -2.07. The number of rotatable bonds is 4. The summed E-state index contributed by atoms with van der Waals surface area (Å²) in [5.74, 6) is 1.12. The van der Waals surface area contributed by atoms with Crippen molar-refractivity contribution in [2.24, 2.45) is 17.8 Å². The fraction of sp³-hybridized carbons (Fsp3) is 0.538. The Bertz CT molecular complexity index is 1270. The Morgan fingerprint density at radius 2 is 1.94 bits per heavy atom. The fourth-order valence-electron chi connectivity index (χ4n) is 6.16. The van der Waals surface area contributed by atoms with Gasteiger partial charge < -0.3 is 9.80 Å². The van der Waals surface area contributed by atoms with Crippen LogP contribution < -0.4 is 0 Å². The molecule has 3 aliphatic rings. The van der Waals surface area contributed by atoms with E-state index in [1.54, 1.807) is 6.20 Å². The van der Waals surface area contributed by atoms with E-state index in [0.717, 1.165) is 84.2 Å². The van der Waals surface area contributed by atoms with Crippen LogP contribution in [0.1, 0.15) is 39.5 Å². The van der Waals surface area contributed by atoms with Gasteiger partial charge in [0.15, 0.2) is 0 Å². The molecule has 2 amide bonds. The number of pyridine rings is 1. The van der Waals surface area contributed by atoms with E-state index in [9.17, 15) is 9.59 Å². The number of halogens is 1. The van der Waals surface area contributed by atoms with Crippen LogP contribution in [0.2, 0.25) is 5.02 Å². The van der Waals surface area contributed by atoms with Gasteiger partial charge in [0.1, 0.15) is 4.83 Å². The Kier molecular flexibility index (Phi) is 6.75. The zero-order valence-corrected chi connectivity index (χ0v) is 22.7. The van der Waals surface area contributed by atoms with Crippen molar-refractivity contribution in [2.75, 3.05) is 39.3 Å². The Balaban J connectivity index is 1.07. The van der Waals surface area contributed by atoms with E-state index in [1.807, 2.05) is 23.1 Å². The summed E-state index contributed by atoms with van der Waals surface area (Å²) in [4.78, 5) is 40.7. The molecule has 36 heavy (non-hydrogen) atoms. The third-order valence-electron chi connectivity index (χ3n) is 8.13. The van der Waals surface area contributed by atoms with Gasteiger partial charge in [0.2, 0.25) is 5.91 Å². The zero-order chi connectivity index (χ0) is 24.8. The molecule has 10 heteroatoms. The second-order valence-corrected chi connectivity index (χ2v) is 12.8. The van der Waals surface area contributed by atoms with E-state index < -0.39 is 0 Å². The second kappa shape index (κ2) is 10.0. The summed E-state index contributed by atoms with van der Waals surface area (Å²) in [6.45, 7) is 7.50. The molecule has 3 aromatic rings. The third kappa shape index (κ3) is 4.66. The first-order valence-corrected chi connectivity index (χ1v) is 14.7. The summed E-state index contributed by atoms with van der Waals surface area (Å²) in [5.41, 5.74) is 1.00. The highest BCUT2D eigenvalue weighted by atomic mass is 35.5. The highest BCUT2D eigenvalue weighted by Crippen LogP contribution is 2.42. The van der Waals surface area contributed by atoms with Crippen LogP contribution in [-0.2, 0) is 11.3 Å². The summed E-state index contributed by atoms with van der Waals surface area (Å²) < 4.78 is 4.47. The summed E-state index contributed by atoms with van der Waals surface area (Å²) in [5, 5.41) is 1.75. The Labute approximate surface area is 224 Å².